The Labute approximate surface area is 87.3 Å². The first-order valence-corrected chi connectivity index (χ1v) is 4.73. The number of halogens is 1. The molecule has 1 rings (SSSR count). The first kappa shape index (κ1) is 13.2. The van der Waals surface area contributed by atoms with Crippen LogP contribution in [0.4, 0.5) is 0 Å². The molecule has 1 unspecified atom stereocenters. The van der Waals surface area contributed by atoms with Crippen LogP contribution in [-0.2, 0) is 9.31 Å². The molecule has 0 aromatic carbocycles. The molecule has 1 fully saturated rings. The third kappa shape index (κ3) is 6.33. The largest absolute Gasteiger partial charge is 0.488 e. The van der Waals surface area contributed by atoms with Crippen molar-refractivity contribution in [3.05, 3.63) is 0 Å². The Kier molecular flexibility index (Phi) is 8.98. The van der Waals surface area contributed by atoms with Gasteiger partial charge < -0.3 is 14.6 Å². The highest BCUT2D eigenvalue weighted by Crippen LogP contribution is 2.04. The molecule has 1 aliphatic heterocycles. The highest BCUT2D eigenvalue weighted by Gasteiger charge is 2.13. The van der Waals surface area contributed by atoms with Gasteiger partial charge in [0.05, 0.1) is 6.10 Å². The number of piperidine rings is 1. The molecule has 3 nitrogen and oxygen atoms in total. The monoisotopic (exact) mass is 206 g/mol. The second kappa shape index (κ2) is 8.82. The summed E-state index contributed by atoms with van der Waals surface area (Å²) < 4.78 is 10.5. The first-order chi connectivity index (χ1) is 5.93. The van der Waals surface area contributed by atoms with Crippen molar-refractivity contribution in [3.63, 3.8) is 0 Å². The van der Waals surface area contributed by atoms with Crippen LogP contribution < -0.4 is 5.32 Å². The van der Waals surface area contributed by atoms with Crippen molar-refractivity contribution in [1.82, 2.24) is 5.32 Å². The van der Waals surface area contributed by atoms with Crippen molar-refractivity contribution < 1.29 is 9.31 Å². The fourth-order valence-corrected chi connectivity index (χ4v) is 1.22. The van der Waals surface area contributed by atoms with E-state index in [1.165, 1.54) is 14.1 Å². The van der Waals surface area contributed by atoms with E-state index in [0.717, 1.165) is 32.5 Å². The zero-order valence-electron chi connectivity index (χ0n) is 8.12. The van der Waals surface area contributed by atoms with Gasteiger partial charge in [0.2, 0.25) is 0 Å². The highest BCUT2D eigenvalue weighted by molar-refractivity contribution is 6.18. The maximum atomic E-state index is 5.38. The maximum absolute atomic E-state index is 5.38. The van der Waals surface area contributed by atoms with E-state index in [1.54, 1.807) is 0 Å². The fourth-order valence-electron chi connectivity index (χ4n) is 1.22. The SMILES string of the molecule is CCCO[B]OC1CCCNC1.Cl. The van der Waals surface area contributed by atoms with E-state index in [0.29, 0.717) is 6.10 Å². The molecule has 0 aliphatic carbocycles. The van der Waals surface area contributed by atoms with Gasteiger partial charge in [0.1, 0.15) is 0 Å². The fraction of sp³-hybridized carbons (Fsp3) is 1.00. The zero-order chi connectivity index (χ0) is 8.65. The number of hydrogen-bond donors (Lipinski definition) is 1. The molecule has 13 heavy (non-hydrogen) atoms. The van der Waals surface area contributed by atoms with Crippen molar-refractivity contribution in [1.29, 1.82) is 0 Å². The molecule has 77 valence electrons. The van der Waals surface area contributed by atoms with Gasteiger partial charge >= 0.3 is 7.69 Å². The molecule has 1 N–H and O–H groups in total. The summed E-state index contributed by atoms with van der Waals surface area (Å²) in [5.74, 6) is 0. The van der Waals surface area contributed by atoms with Gasteiger partial charge in [-0.15, -0.1) is 12.4 Å². The van der Waals surface area contributed by atoms with E-state index in [1.807, 2.05) is 0 Å². The molecule has 0 saturated carbocycles. The smallest absolute Gasteiger partial charge is 0.413 e. The topological polar surface area (TPSA) is 30.5 Å². The van der Waals surface area contributed by atoms with E-state index in [4.69, 9.17) is 9.31 Å². The minimum absolute atomic E-state index is 0. The summed E-state index contributed by atoms with van der Waals surface area (Å²) in [5.41, 5.74) is 0. The van der Waals surface area contributed by atoms with Crippen molar-refractivity contribution in [2.24, 2.45) is 0 Å². The lowest BCUT2D eigenvalue weighted by atomic mass is 10.1. The minimum Gasteiger partial charge on any atom is -0.413 e. The van der Waals surface area contributed by atoms with E-state index < -0.39 is 0 Å². The zero-order valence-corrected chi connectivity index (χ0v) is 8.94. The van der Waals surface area contributed by atoms with Gasteiger partial charge in [0.15, 0.2) is 0 Å². The first-order valence-electron chi connectivity index (χ1n) is 4.73. The molecule has 0 bridgehead atoms. The van der Waals surface area contributed by atoms with Gasteiger partial charge in [-0.05, 0) is 25.8 Å². The Morgan fingerprint density at radius 3 is 3.00 bits per heavy atom. The lowest BCUT2D eigenvalue weighted by molar-refractivity contribution is 0.132. The molecule has 1 heterocycles. The minimum atomic E-state index is 0. The Morgan fingerprint density at radius 2 is 2.38 bits per heavy atom. The summed E-state index contributed by atoms with van der Waals surface area (Å²) in [6.45, 7) is 4.90. The van der Waals surface area contributed by atoms with Crippen LogP contribution >= 0.6 is 12.4 Å². The molecule has 1 aliphatic rings. The molecule has 1 saturated heterocycles. The lowest BCUT2D eigenvalue weighted by Crippen LogP contribution is -2.36. The van der Waals surface area contributed by atoms with Gasteiger partial charge in [0.25, 0.3) is 0 Å². The van der Waals surface area contributed by atoms with Crippen LogP contribution in [0.1, 0.15) is 26.2 Å². The maximum Gasteiger partial charge on any atom is 0.488 e. The molecular weight excluding hydrogens is 188 g/mol. The lowest BCUT2D eigenvalue weighted by Gasteiger charge is -2.22. The predicted octanol–water partition coefficient (Wildman–Crippen LogP) is 1.14. The number of hydrogen-bond acceptors (Lipinski definition) is 3. The van der Waals surface area contributed by atoms with Gasteiger partial charge in [-0.1, -0.05) is 6.92 Å². The average molecular weight is 207 g/mol. The summed E-state index contributed by atoms with van der Waals surface area (Å²) in [5, 5.41) is 3.28. The van der Waals surface area contributed by atoms with E-state index in [9.17, 15) is 0 Å². The summed E-state index contributed by atoms with van der Waals surface area (Å²) in [6, 6.07) is 0. The molecule has 0 spiro atoms. The van der Waals surface area contributed by atoms with Gasteiger partial charge in [0, 0.05) is 13.2 Å². The van der Waals surface area contributed by atoms with Crippen molar-refractivity contribution >= 4 is 20.1 Å². The van der Waals surface area contributed by atoms with E-state index in [2.05, 4.69) is 12.2 Å². The summed E-state index contributed by atoms with van der Waals surface area (Å²) in [4.78, 5) is 0. The van der Waals surface area contributed by atoms with Crippen molar-refractivity contribution in [2.45, 2.75) is 32.3 Å². The molecular formula is C8H18BClNO2. The molecule has 0 aromatic heterocycles. The van der Waals surface area contributed by atoms with Crippen LogP contribution in [0, 0.1) is 0 Å². The quantitative estimate of drug-likeness (QED) is 0.541. The van der Waals surface area contributed by atoms with Crippen LogP contribution in [0.25, 0.3) is 0 Å². The predicted molar refractivity (Wildman–Crippen MR) is 56.2 cm³/mol. The second-order valence-electron chi connectivity index (χ2n) is 3.07. The Hall–Kier alpha value is 0.235. The normalized spacial score (nSPS) is 22.1. The molecule has 0 aromatic rings. The number of rotatable bonds is 5. The van der Waals surface area contributed by atoms with E-state index >= 15 is 0 Å². The van der Waals surface area contributed by atoms with Crippen LogP contribution in [0.5, 0.6) is 0 Å². The Morgan fingerprint density at radius 1 is 1.54 bits per heavy atom. The van der Waals surface area contributed by atoms with Gasteiger partial charge in [-0.25, -0.2) is 0 Å². The second-order valence-corrected chi connectivity index (χ2v) is 3.07. The Balaban J connectivity index is 0.00000144. The number of nitrogens with one attached hydrogen (secondary N) is 1. The third-order valence-corrected chi connectivity index (χ3v) is 1.89. The molecule has 1 radical (unpaired) electrons. The van der Waals surface area contributed by atoms with Crippen LogP contribution in [0.3, 0.4) is 0 Å². The van der Waals surface area contributed by atoms with Crippen LogP contribution in [-0.4, -0.2) is 33.5 Å². The third-order valence-electron chi connectivity index (χ3n) is 1.89. The molecule has 1 atom stereocenters. The van der Waals surface area contributed by atoms with Crippen LogP contribution in [0.2, 0.25) is 0 Å². The van der Waals surface area contributed by atoms with Crippen molar-refractivity contribution in [2.75, 3.05) is 19.7 Å². The summed E-state index contributed by atoms with van der Waals surface area (Å²) in [7, 11) is 1.49. The van der Waals surface area contributed by atoms with E-state index in [-0.39, 0.29) is 12.4 Å². The average Bonchev–Trinajstić information content (AvgIpc) is 2.14. The standard InChI is InChI=1S/C8H17BNO2.ClH/c1-2-6-11-9-12-8-4-3-5-10-7-8;/h8,10H,2-7H2,1H3;1H. The van der Waals surface area contributed by atoms with Crippen LogP contribution in [0.15, 0.2) is 0 Å². The highest BCUT2D eigenvalue weighted by atomic mass is 35.5. The Bertz CT molecular complexity index is 112. The molecule has 5 heteroatoms. The van der Waals surface area contributed by atoms with Crippen molar-refractivity contribution in [3.8, 4) is 0 Å². The summed E-state index contributed by atoms with van der Waals surface area (Å²) >= 11 is 0. The van der Waals surface area contributed by atoms with Gasteiger partial charge in [-0.2, -0.15) is 0 Å². The van der Waals surface area contributed by atoms with Gasteiger partial charge in [-0.3, -0.25) is 0 Å². The molecule has 0 amide bonds. The summed E-state index contributed by atoms with van der Waals surface area (Å²) in [6.07, 6.45) is 3.68.